The molecule has 0 radical (unpaired) electrons. The number of hydrogen-bond donors (Lipinski definition) is 1. The molecule has 0 unspecified atom stereocenters. The van der Waals surface area contributed by atoms with Crippen LogP contribution in [0.1, 0.15) is 35.7 Å². The zero-order valence-corrected chi connectivity index (χ0v) is 9.12. The average Bonchev–Trinajstić information content (AvgIpc) is 2.20. The van der Waals surface area contributed by atoms with Crippen molar-refractivity contribution in [2.24, 2.45) is 0 Å². The number of benzene rings is 1. The van der Waals surface area contributed by atoms with Gasteiger partial charge in [-0.3, -0.25) is 0 Å². The standard InChI is InChI=1S/C12H16O3/c1-3-4-7-15-11-6-5-10(12(13)14)8-9(11)2/h5-6,8H,3-4,7H2,1-2H3,(H,13,14). The minimum Gasteiger partial charge on any atom is -0.493 e. The van der Waals surface area contributed by atoms with Crippen LogP contribution in [0.4, 0.5) is 0 Å². The summed E-state index contributed by atoms with van der Waals surface area (Å²) in [7, 11) is 0. The highest BCUT2D eigenvalue weighted by Gasteiger charge is 2.05. The molecule has 0 aliphatic rings. The van der Waals surface area contributed by atoms with Crippen molar-refractivity contribution in [2.45, 2.75) is 26.7 Å². The van der Waals surface area contributed by atoms with Gasteiger partial charge in [0.25, 0.3) is 0 Å². The van der Waals surface area contributed by atoms with Crippen LogP contribution in [0.2, 0.25) is 0 Å². The van der Waals surface area contributed by atoms with E-state index in [1.54, 1.807) is 18.2 Å². The van der Waals surface area contributed by atoms with Crippen molar-refractivity contribution in [3.8, 4) is 5.75 Å². The third-order valence-corrected chi connectivity index (χ3v) is 2.18. The summed E-state index contributed by atoms with van der Waals surface area (Å²) < 4.78 is 5.52. The smallest absolute Gasteiger partial charge is 0.335 e. The van der Waals surface area contributed by atoms with Gasteiger partial charge in [0.05, 0.1) is 12.2 Å². The summed E-state index contributed by atoms with van der Waals surface area (Å²) in [6.45, 7) is 4.64. The molecule has 1 rings (SSSR count). The molecular formula is C12H16O3. The molecule has 1 aromatic rings. The molecule has 0 heterocycles. The van der Waals surface area contributed by atoms with Crippen molar-refractivity contribution in [1.82, 2.24) is 0 Å². The van der Waals surface area contributed by atoms with E-state index in [0.717, 1.165) is 24.2 Å². The van der Waals surface area contributed by atoms with E-state index in [9.17, 15) is 4.79 Å². The van der Waals surface area contributed by atoms with E-state index in [1.165, 1.54) is 0 Å². The van der Waals surface area contributed by atoms with Crippen molar-refractivity contribution in [3.05, 3.63) is 29.3 Å². The third kappa shape index (κ3) is 3.27. The van der Waals surface area contributed by atoms with E-state index >= 15 is 0 Å². The molecule has 0 spiro atoms. The minimum absolute atomic E-state index is 0.301. The Balaban J connectivity index is 2.70. The zero-order valence-electron chi connectivity index (χ0n) is 9.12. The van der Waals surface area contributed by atoms with Crippen LogP contribution in [0.5, 0.6) is 5.75 Å². The Morgan fingerprint density at radius 3 is 2.73 bits per heavy atom. The number of ether oxygens (including phenoxy) is 1. The number of carbonyl (C=O) groups is 1. The number of aromatic carboxylic acids is 1. The molecule has 0 saturated carbocycles. The molecule has 0 bridgehead atoms. The summed E-state index contributed by atoms with van der Waals surface area (Å²) >= 11 is 0. The predicted molar refractivity (Wildman–Crippen MR) is 58.5 cm³/mol. The van der Waals surface area contributed by atoms with Crippen LogP contribution in [-0.4, -0.2) is 17.7 Å². The second-order valence-electron chi connectivity index (χ2n) is 3.49. The number of rotatable bonds is 5. The van der Waals surface area contributed by atoms with Gasteiger partial charge in [-0.05, 0) is 37.1 Å². The summed E-state index contributed by atoms with van der Waals surface area (Å²) in [5.74, 6) is -0.133. The van der Waals surface area contributed by atoms with E-state index in [4.69, 9.17) is 9.84 Å². The monoisotopic (exact) mass is 208 g/mol. The Kier molecular flexibility index (Phi) is 4.16. The molecule has 0 atom stereocenters. The van der Waals surface area contributed by atoms with Gasteiger partial charge in [0.15, 0.2) is 0 Å². The van der Waals surface area contributed by atoms with Crippen molar-refractivity contribution >= 4 is 5.97 Å². The maximum Gasteiger partial charge on any atom is 0.335 e. The molecule has 0 amide bonds. The number of hydrogen-bond acceptors (Lipinski definition) is 2. The lowest BCUT2D eigenvalue weighted by Gasteiger charge is -2.08. The lowest BCUT2D eigenvalue weighted by Crippen LogP contribution is -2.01. The topological polar surface area (TPSA) is 46.5 Å². The van der Waals surface area contributed by atoms with E-state index < -0.39 is 5.97 Å². The highest BCUT2D eigenvalue weighted by molar-refractivity contribution is 5.88. The van der Waals surface area contributed by atoms with Gasteiger partial charge in [-0.15, -0.1) is 0 Å². The molecule has 0 aliphatic heterocycles. The Morgan fingerprint density at radius 2 is 2.20 bits per heavy atom. The van der Waals surface area contributed by atoms with E-state index in [2.05, 4.69) is 6.92 Å². The maximum absolute atomic E-state index is 10.7. The first-order chi connectivity index (χ1) is 7.15. The van der Waals surface area contributed by atoms with Crippen molar-refractivity contribution in [2.75, 3.05) is 6.61 Å². The molecule has 15 heavy (non-hydrogen) atoms. The molecule has 0 aromatic heterocycles. The average molecular weight is 208 g/mol. The Hall–Kier alpha value is -1.51. The SMILES string of the molecule is CCCCOc1ccc(C(=O)O)cc1C. The minimum atomic E-state index is -0.904. The van der Waals surface area contributed by atoms with Crippen LogP contribution >= 0.6 is 0 Å². The summed E-state index contributed by atoms with van der Waals surface area (Å²) in [6, 6.07) is 4.91. The van der Waals surface area contributed by atoms with Crippen LogP contribution in [0.15, 0.2) is 18.2 Å². The van der Waals surface area contributed by atoms with Gasteiger partial charge in [0.1, 0.15) is 5.75 Å². The van der Waals surface area contributed by atoms with Crippen LogP contribution < -0.4 is 4.74 Å². The second-order valence-corrected chi connectivity index (χ2v) is 3.49. The first kappa shape index (κ1) is 11.6. The predicted octanol–water partition coefficient (Wildman–Crippen LogP) is 2.87. The van der Waals surface area contributed by atoms with Crippen molar-refractivity contribution < 1.29 is 14.6 Å². The number of unbranched alkanes of at least 4 members (excludes halogenated alkanes) is 1. The van der Waals surface area contributed by atoms with E-state index in [-0.39, 0.29) is 0 Å². The lowest BCUT2D eigenvalue weighted by atomic mass is 10.1. The summed E-state index contributed by atoms with van der Waals surface area (Å²) in [4.78, 5) is 10.7. The first-order valence-electron chi connectivity index (χ1n) is 5.12. The molecule has 3 heteroatoms. The molecule has 0 aliphatic carbocycles. The number of carboxylic acid groups (broad SMARTS) is 1. The summed E-state index contributed by atoms with van der Waals surface area (Å²) in [5.41, 5.74) is 1.17. The van der Waals surface area contributed by atoms with Crippen LogP contribution in [-0.2, 0) is 0 Å². The van der Waals surface area contributed by atoms with Gasteiger partial charge in [-0.2, -0.15) is 0 Å². The Labute approximate surface area is 89.7 Å². The first-order valence-corrected chi connectivity index (χ1v) is 5.12. The van der Waals surface area contributed by atoms with Crippen molar-refractivity contribution in [1.29, 1.82) is 0 Å². The Morgan fingerprint density at radius 1 is 1.47 bits per heavy atom. The maximum atomic E-state index is 10.7. The molecule has 1 aromatic carbocycles. The normalized spacial score (nSPS) is 10.0. The highest BCUT2D eigenvalue weighted by Crippen LogP contribution is 2.19. The summed E-state index contributed by atoms with van der Waals surface area (Å²) in [6.07, 6.45) is 2.10. The highest BCUT2D eigenvalue weighted by atomic mass is 16.5. The fourth-order valence-electron chi connectivity index (χ4n) is 1.27. The fourth-order valence-corrected chi connectivity index (χ4v) is 1.27. The van der Waals surface area contributed by atoms with E-state index in [1.807, 2.05) is 6.92 Å². The molecule has 82 valence electrons. The van der Waals surface area contributed by atoms with Crippen LogP contribution in [0.3, 0.4) is 0 Å². The number of aryl methyl sites for hydroxylation is 1. The molecule has 0 fully saturated rings. The van der Waals surface area contributed by atoms with Crippen LogP contribution in [0, 0.1) is 6.92 Å². The van der Waals surface area contributed by atoms with Crippen LogP contribution in [0.25, 0.3) is 0 Å². The second kappa shape index (κ2) is 5.39. The molecule has 3 nitrogen and oxygen atoms in total. The molecule has 1 N–H and O–H groups in total. The van der Waals surface area contributed by atoms with Gasteiger partial charge in [0.2, 0.25) is 0 Å². The third-order valence-electron chi connectivity index (χ3n) is 2.18. The lowest BCUT2D eigenvalue weighted by molar-refractivity contribution is 0.0696. The van der Waals surface area contributed by atoms with Gasteiger partial charge in [-0.25, -0.2) is 4.79 Å². The Bertz CT molecular complexity index is 345. The van der Waals surface area contributed by atoms with E-state index in [0.29, 0.717) is 12.2 Å². The van der Waals surface area contributed by atoms with Gasteiger partial charge < -0.3 is 9.84 Å². The van der Waals surface area contributed by atoms with Gasteiger partial charge in [-0.1, -0.05) is 13.3 Å². The summed E-state index contributed by atoms with van der Waals surface area (Å²) in [5, 5.41) is 8.77. The largest absolute Gasteiger partial charge is 0.493 e. The van der Waals surface area contributed by atoms with Gasteiger partial charge >= 0.3 is 5.97 Å². The van der Waals surface area contributed by atoms with Gasteiger partial charge in [0, 0.05) is 0 Å². The molecule has 0 saturated heterocycles. The zero-order chi connectivity index (χ0) is 11.3. The number of carboxylic acids is 1. The van der Waals surface area contributed by atoms with Crippen molar-refractivity contribution in [3.63, 3.8) is 0 Å². The molecular weight excluding hydrogens is 192 g/mol. The fraction of sp³-hybridized carbons (Fsp3) is 0.417. The quantitative estimate of drug-likeness (QED) is 0.757.